The van der Waals surface area contributed by atoms with E-state index in [2.05, 4.69) is 21.4 Å². The lowest BCUT2D eigenvalue weighted by Crippen LogP contribution is -2.37. The first kappa shape index (κ1) is 20.7. The number of carbonyl (C=O) groups excluding carboxylic acids is 1. The molecule has 1 N–H and O–H groups in total. The molecule has 3 heterocycles. The minimum Gasteiger partial charge on any atom is -0.491 e. The second-order valence-corrected chi connectivity index (χ2v) is 8.10. The van der Waals surface area contributed by atoms with E-state index in [1.165, 1.54) is 6.07 Å². The Morgan fingerprint density at radius 1 is 1.23 bits per heavy atom. The quantitative estimate of drug-likeness (QED) is 0.789. The van der Waals surface area contributed by atoms with Crippen LogP contribution in [0.3, 0.4) is 0 Å². The van der Waals surface area contributed by atoms with Crippen molar-refractivity contribution in [1.82, 2.24) is 15.0 Å². The molecule has 2 saturated heterocycles. The Morgan fingerprint density at radius 2 is 1.97 bits per heavy atom. The van der Waals surface area contributed by atoms with Crippen molar-refractivity contribution in [3.63, 3.8) is 0 Å². The number of hydrogen-bond acceptors (Lipinski definition) is 7. The van der Waals surface area contributed by atoms with Gasteiger partial charge in [-0.25, -0.2) is 4.79 Å². The van der Waals surface area contributed by atoms with Crippen LogP contribution < -0.4 is 10.1 Å². The van der Waals surface area contributed by atoms with Crippen molar-refractivity contribution in [1.29, 1.82) is 10.5 Å². The van der Waals surface area contributed by atoms with Crippen LogP contribution in [0.1, 0.15) is 22.6 Å². The number of ether oxygens (including phenoxy) is 1. The summed E-state index contributed by atoms with van der Waals surface area (Å²) >= 11 is 0. The number of likely N-dealkylation sites (tertiary alicyclic amines) is 2. The maximum absolute atomic E-state index is 12.6. The van der Waals surface area contributed by atoms with Gasteiger partial charge in [0.2, 0.25) is 0 Å². The van der Waals surface area contributed by atoms with Gasteiger partial charge in [0.15, 0.2) is 5.76 Å². The van der Waals surface area contributed by atoms with Gasteiger partial charge in [-0.15, -0.1) is 0 Å². The zero-order valence-corrected chi connectivity index (χ0v) is 17.6. The number of benzene rings is 1. The van der Waals surface area contributed by atoms with E-state index in [1.807, 2.05) is 17.9 Å². The van der Waals surface area contributed by atoms with Crippen LogP contribution >= 0.6 is 0 Å². The van der Waals surface area contributed by atoms with E-state index in [-0.39, 0.29) is 6.03 Å². The summed E-state index contributed by atoms with van der Waals surface area (Å²) in [5, 5.41) is 25.0. The summed E-state index contributed by atoms with van der Waals surface area (Å²) in [6.45, 7) is 8.10. The Bertz CT molecular complexity index is 1030. The monoisotopic (exact) mass is 420 g/mol. The molecule has 0 radical (unpaired) electrons. The average molecular weight is 420 g/mol. The average Bonchev–Trinajstić information content (AvgIpc) is 3.43. The molecular weight excluding hydrogens is 396 g/mol. The fraction of sp³-hybridized carbons (Fsp3) is 0.455. The zero-order chi connectivity index (χ0) is 22.0. The summed E-state index contributed by atoms with van der Waals surface area (Å²) in [5.74, 6) is 2.00. The third-order valence-corrected chi connectivity index (χ3v) is 6.01. The number of urea groups is 1. The molecule has 2 aliphatic heterocycles. The van der Waals surface area contributed by atoms with Crippen molar-refractivity contribution < 1.29 is 14.1 Å². The van der Waals surface area contributed by atoms with Gasteiger partial charge in [0.05, 0.1) is 17.2 Å². The highest BCUT2D eigenvalue weighted by Crippen LogP contribution is 2.31. The summed E-state index contributed by atoms with van der Waals surface area (Å²) < 4.78 is 10.9. The summed E-state index contributed by atoms with van der Waals surface area (Å²) in [6, 6.07) is 8.86. The van der Waals surface area contributed by atoms with Crippen molar-refractivity contribution in [2.24, 2.45) is 11.8 Å². The van der Waals surface area contributed by atoms with Crippen molar-refractivity contribution in [3.05, 3.63) is 40.8 Å². The Morgan fingerprint density at radius 3 is 2.58 bits per heavy atom. The number of carbonyl (C=O) groups is 1. The normalized spacial score (nSPS) is 20.2. The third kappa shape index (κ3) is 4.32. The van der Waals surface area contributed by atoms with Gasteiger partial charge in [-0.1, -0.05) is 5.16 Å². The summed E-state index contributed by atoms with van der Waals surface area (Å²) in [7, 11) is 0. The number of nitriles is 2. The third-order valence-electron chi connectivity index (χ3n) is 6.01. The first-order valence-corrected chi connectivity index (χ1v) is 10.3. The van der Waals surface area contributed by atoms with Crippen LogP contribution in [0.25, 0.3) is 0 Å². The predicted octanol–water partition coefficient (Wildman–Crippen LogP) is 2.51. The molecule has 2 aliphatic rings. The number of fused-ring (bicyclic) bond motifs is 1. The molecule has 9 nitrogen and oxygen atoms in total. The minimum absolute atomic E-state index is 0.108. The summed E-state index contributed by atoms with van der Waals surface area (Å²) in [5.41, 5.74) is 2.15. The highest BCUT2D eigenvalue weighted by Gasteiger charge is 2.41. The Hall–Kier alpha value is -3.56. The molecule has 4 rings (SSSR count). The number of rotatable bonds is 5. The minimum atomic E-state index is -0.108. The largest absolute Gasteiger partial charge is 0.491 e. The van der Waals surface area contributed by atoms with Crippen molar-refractivity contribution >= 4 is 11.7 Å². The maximum atomic E-state index is 12.6. The van der Waals surface area contributed by atoms with Gasteiger partial charge in [0, 0.05) is 32.7 Å². The Balaban J connectivity index is 1.24. The van der Waals surface area contributed by atoms with E-state index < -0.39 is 0 Å². The van der Waals surface area contributed by atoms with Crippen LogP contribution in [0.4, 0.5) is 10.5 Å². The van der Waals surface area contributed by atoms with E-state index >= 15 is 0 Å². The number of nitrogens with one attached hydrogen (secondary N) is 1. The number of amides is 2. The van der Waals surface area contributed by atoms with Gasteiger partial charge in [0.25, 0.3) is 0 Å². The number of anilines is 1. The van der Waals surface area contributed by atoms with Gasteiger partial charge in [0.1, 0.15) is 29.8 Å². The second kappa shape index (κ2) is 8.66. The van der Waals surface area contributed by atoms with Gasteiger partial charge in [-0.3, -0.25) is 4.90 Å². The molecular formula is C22H24N6O3. The fourth-order valence-electron chi connectivity index (χ4n) is 4.38. The molecule has 2 atom stereocenters. The molecule has 160 valence electrons. The summed E-state index contributed by atoms with van der Waals surface area (Å²) in [6.07, 6.45) is 0. The van der Waals surface area contributed by atoms with Gasteiger partial charge in [-0.2, -0.15) is 10.5 Å². The number of nitrogens with zero attached hydrogens (tertiary/aromatic N) is 5. The first-order valence-electron chi connectivity index (χ1n) is 10.3. The molecule has 0 bridgehead atoms. The van der Waals surface area contributed by atoms with E-state index in [0.29, 0.717) is 52.5 Å². The smallest absolute Gasteiger partial charge is 0.322 e. The molecule has 31 heavy (non-hydrogen) atoms. The molecule has 2 unspecified atom stereocenters. The van der Waals surface area contributed by atoms with E-state index in [9.17, 15) is 10.1 Å². The molecule has 0 aliphatic carbocycles. The Kier molecular flexibility index (Phi) is 5.79. The second-order valence-electron chi connectivity index (χ2n) is 8.10. The molecule has 2 amide bonds. The van der Waals surface area contributed by atoms with Gasteiger partial charge >= 0.3 is 6.03 Å². The van der Waals surface area contributed by atoms with Crippen LogP contribution in [0.15, 0.2) is 22.7 Å². The summed E-state index contributed by atoms with van der Waals surface area (Å²) in [4.78, 5) is 16.8. The molecule has 0 saturated carbocycles. The highest BCUT2D eigenvalue weighted by molar-refractivity contribution is 5.90. The van der Waals surface area contributed by atoms with Crippen LogP contribution in [0.5, 0.6) is 5.75 Å². The fourth-order valence-corrected chi connectivity index (χ4v) is 4.38. The molecule has 1 aromatic carbocycles. The lowest BCUT2D eigenvalue weighted by atomic mass is 10.0. The van der Waals surface area contributed by atoms with Crippen molar-refractivity contribution in [2.45, 2.75) is 13.8 Å². The number of hydrogen-bond donors (Lipinski definition) is 1. The number of aromatic nitrogens is 1. The zero-order valence-electron chi connectivity index (χ0n) is 17.6. The Labute approximate surface area is 180 Å². The van der Waals surface area contributed by atoms with Crippen molar-refractivity contribution in [2.75, 3.05) is 44.6 Å². The van der Waals surface area contributed by atoms with Crippen LogP contribution in [-0.4, -0.2) is 60.3 Å². The van der Waals surface area contributed by atoms with E-state index in [0.717, 1.165) is 32.7 Å². The standard InChI is InChI=1S/C22H24N6O3/c1-14-21(15(2)31-26-14)25-22(29)28-12-18-10-27(11-19(18)13-28)5-6-30-20-4-3-16(8-23)7-17(20)9-24/h3-4,7,18-19H,5-6,10-13H2,1-2H3,(H,25,29). The lowest BCUT2D eigenvalue weighted by molar-refractivity contribution is 0.202. The molecule has 2 aromatic rings. The topological polar surface area (TPSA) is 118 Å². The maximum Gasteiger partial charge on any atom is 0.322 e. The first-order chi connectivity index (χ1) is 15.0. The van der Waals surface area contributed by atoms with Crippen LogP contribution in [0, 0.1) is 48.3 Å². The lowest BCUT2D eigenvalue weighted by Gasteiger charge is -2.22. The molecule has 2 fully saturated rings. The van der Waals surface area contributed by atoms with Crippen LogP contribution in [0.2, 0.25) is 0 Å². The molecule has 1 aromatic heterocycles. The van der Waals surface area contributed by atoms with Crippen LogP contribution in [-0.2, 0) is 0 Å². The van der Waals surface area contributed by atoms with Crippen molar-refractivity contribution in [3.8, 4) is 17.9 Å². The molecule has 0 spiro atoms. The molecule has 9 heteroatoms. The predicted molar refractivity (Wildman–Crippen MR) is 111 cm³/mol. The SMILES string of the molecule is Cc1noc(C)c1NC(=O)N1CC2CN(CCOc3ccc(C#N)cc3C#N)CC2C1. The number of aryl methyl sites for hydroxylation is 2. The van der Waals surface area contributed by atoms with E-state index in [1.54, 1.807) is 19.1 Å². The van der Waals surface area contributed by atoms with E-state index in [4.69, 9.17) is 14.5 Å². The van der Waals surface area contributed by atoms with Gasteiger partial charge < -0.3 is 19.5 Å². The highest BCUT2D eigenvalue weighted by atomic mass is 16.5. The van der Waals surface area contributed by atoms with Gasteiger partial charge in [-0.05, 0) is 43.9 Å².